The van der Waals surface area contributed by atoms with Crippen molar-refractivity contribution >= 4 is 23.8 Å². The van der Waals surface area contributed by atoms with Gasteiger partial charge in [0.15, 0.2) is 10.9 Å². The Morgan fingerprint density at radius 2 is 2.50 bits per heavy atom. The van der Waals surface area contributed by atoms with Crippen LogP contribution in [0.2, 0.25) is 0 Å². The van der Waals surface area contributed by atoms with Crippen LogP contribution in [-0.2, 0) is 0 Å². The molecule has 1 aromatic rings. The molecule has 1 rings (SSSR count). The molecule has 0 spiro atoms. The molecule has 1 N–H and O–H groups in total. The fourth-order valence-electron chi connectivity index (χ4n) is 1.15. The Kier molecular flexibility index (Phi) is 5.69. The van der Waals surface area contributed by atoms with Crippen LogP contribution in [0.1, 0.15) is 22.5 Å². The standard InChI is InChI=1S/C10H11N5O2S/c1-18-10-12-6-7(8(14-10)9(16)17)4-2-3-5-13-15-11/h2,4,6H,3,5H2,1H3,(H,16,17). The van der Waals surface area contributed by atoms with Crippen molar-refractivity contribution in [1.82, 2.24) is 9.97 Å². The van der Waals surface area contributed by atoms with Crippen molar-refractivity contribution in [2.24, 2.45) is 5.11 Å². The first kappa shape index (κ1) is 14.0. The van der Waals surface area contributed by atoms with E-state index in [1.165, 1.54) is 18.0 Å². The number of azide groups is 1. The number of nitrogens with zero attached hydrogens (tertiary/aromatic N) is 5. The molecule has 0 aliphatic heterocycles. The number of aromatic carboxylic acids is 1. The molecule has 0 aliphatic carbocycles. The molecule has 0 amide bonds. The molecule has 1 aromatic heterocycles. The highest BCUT2D eigenvalue weighted by molar-refractivity contribution is 7.98. The maximum absolute atomic E-state index is 11.0. The van der Waals surface area contributed by atoms with Gasteiger partial charge >= 0.3 is 5.97 Å². The average molecular weight is 265 g/mol. The van der Waals surface area contributed by atoms with Crippen LogP contribution in [0.4, 0.5) is 0 Å². The zero-order chi connectivity index (χ0) is 13.4. The van der Waals surface area contributed by atoms with Crippen molar-refractivity contribution in [2.75, 3.05) is 12.8 Å². The SMILES string of the molecule is CSc1ncc(C=CCCN=[N+]=[N-])c(C(=O)O)n1. The van der Waals surface area contributed by atoms with Crippen LogP contribution in [-0.4, -0.2) is 33.8 Å². The smallest absolute Gasteiger partial charge is 0.355 e. The van der Waals surface area contributed by atoms with Gasteiger partial charge in [-0.25, -0.2) is 14.8 Å². The van der Waals surface area contributed by atoms with Crippen molar-refractivity contribution in [1.29, 1.82) is 0 Å². The number of aromatic nitrogens is 2. The van der Waals surface area contributed by atoms with Gasteiger partial charge in [-0.2, -0.15) is 0 Å². The molecule has 0 atom stereocenters. The minimum atomic E-state index is -1.10. The van der Waals surface area contributed by atoms with E-state index in [-0.39, 0.29) is 5.69 Å². The molecule has 18 heavy (non-hydrogen) atoms. The lowest BCUT2D eigenvalue weighted by atomic mass is 10.2. The minimum Gasteiger partial charge on any atom is -0.476 e. The first-order chi connectivity index (χ1) is 8.69. The quantitative estimate of drug-likeness (QED) is 0.212. The summed E-state index contributed by atoms with van der Waals surface area (Å²) < 4.78 is 0. The Labute approximate surface area is 108 Å². The second kappa shape index (κ2) is 7.31. The molecule has 7 nitrogen and oxygen atoms in total. The van der Waals surface area contributed by atoms with E-state index in [4.69, 9.17) is 10.6 Å². The number of carboxylic acids is 1. The van der Waals surface area contributed by atoms with Crippen LogP contribution in [0.3, 0.4) is 0 Å². The number of hydrogen-bond acceptors (Lipinski definition) is 5. The third-order valence-corrected chi connectivity index (χ3v) is 2.50. The fourth-order valence-corrected chi connectivity index (χ4v) is 1.49. The summed E-state index contributed by atoms with van der Waals surface area (Å²) in [4.78, 5) is 21.6. The maximum Gasteiger partial charge on any atom is 0.355 e. The molecule has 94 valence electrons. The predicted octanol–water partition coefficient (Wildman–Crippen LogP) is 2.61. The van der Waals surface area contributed by atoms with E-state index in [2.05, 4.69) is 20.0 Å². The third kappa shape index (κ3) is 4.08. The highest BCUT2D eigenvalue weighted by atomic mass is 32.2. The number of hydrogen-bond donors (Lipinski definition) is 1. The summed E-state index contributed by atoms with van der Waals surface area (Å²) in [6, 6.07) is 0. The van der Waals surface area contributed by atoms with Crippen LogP contribution >= 0.6 is 11.8 Å². The van der Waals surface area contributed by atoms with Crippen molar-refractivity contribution in [3.05, 3.63) is 34.0 Å². The Morgan fingerprint density at radius 3 is 3.11 bits per heavy atom. The number of carboxylic acid groups (broad SMARTS) is 1. The number of carbonyl (C=O) groups is 1. The highest BCUT2D eigenvalue weighted by Crippen LogP contribution is 2.13. The van der Waals surface area contributed by atoms with E-state index in [9.17, 15) is 4.79 Å². The van der Waals surface area contributed by atoms with Gasteiger partial charge in [-0.3, -0.25) is 0 Å². The van der Waals surface area contributed by atoms with Crippen LogP contribution in [0.5, 0.6) is 0 Å². The average Bonchev–Trinajstić information content (AvgIpc) is 2.38. The van der Waals surface area contributed by atoms with Crippen LogP contribution in [0.15, 0.2) is 22.5 Å². The summed E-state index contributed by atoms with van der Waals surface area (Å²) in [5, 5.41) is 12.8. The monoisotopic (exact) mass is 265 g/mol. The van der Waals surface area contributed by atoms with Gasteiger partial charge in [0, 0.05) is 23.2 Å². The summed E-state index contributed by atoms with van der Waals surface area (Å²) in [6.07, 6.45) is 7.11. The Balaban J connectivity index is 2.87. The summed E-state index contributed by atoms with van der Waals surface area (Å²) >= 11 is 1.28. The molecule has 0 unspecified atom stereocenters. The molecule has 0 bridgehead atoms. The molecule has 0 fully saturated rings. The molecular formula is C10H11N5O2S. The first-order valence-corrected chi connectivity index (χ1v) is 6.23. The lowest BCUT2D eigenvalue weighted by Gasteiger charge is -2.01. The van der Waals surface area contributed by atoms with E-state index in [1.807, 2.05) is 0 Å². The van der Waals surface area contributed by atoms with Crippen LogP contribution in [0.25, 0.3) is 16.5 Å². The van der Waals surface area contributed by atoms with Crippen molar-refractivity contribution < 1.29 is 9.90 Å². The molecule has 0 saturated carbocycles. The van der Waals surface area contributed by atoms with Crippen LogP contribution in [0, 0.1) is 0 Å². The largest absolute Gasteiger partial charge is 0.476 e. The van der Waals surface area contributed by atoms with Gasteiger partial charge in [-0.1, -0.05) is 29.0 Å². The second-order valence-electron chi connectivity index (χ2n) is 3.11. The molecular weight excluding hydrogens is 254 g/mol. The zero-order valence-corrected chi connectivity index (χ0v) is 10.5. The van der Waals surface area contributed by atoms with E-state index < -0.39 is 5.97 Å². The molecule has 0 aliphatic rings. The first-order valence-electron chi connectivity index (χ1n) is 5.00. The van der Waals surface area contributed by atoms with Gasteiger partial charge in [0.2, 0.25) is 0 Å². The van der Waals surface area contributed by atoms with E-state index in [0.29, 0.717) is 23.7 Å². The number of rotatable bonds is 6. The van der Waals surface area contributed by atoms with Gasteiger partial charge in [0.25, 0.3) is 0 Å². The predicted molar refractivity (Wildman–Crippen MR) is 68.4 cm³/mol. The van der Waals surface area contributed by atoms with E-state index in [1.54, 1.807) is 18.4 Å². The second-order valence-corrected chi connectivity index (χ2v) is 3.88. The molecule has 0 saturated heterocycles. The maximum atomic E-state index is 11.0. The molecule has 0 aromatic carbocycles. The molecule has 1 heterocycles. The topological polar surface area (TPSA) is 112 Å². The van der Waals surface area contributed by atoms with Crippen LogP contribution < -0.4 is 0 Å². The summed E-state index contributed by atoms with van der Waals surface area (Å²) in [7, 11) is 0. The Hall–Kier alpha value is -2.05. The molecule has 0 radical (unpaired) electrons. The van der Waals surface area contributed by atoms with Crippen molar-refractivity contribution in [3.8, 4) is 0 Å². The van der Waals surface area contributed by atoms with Gasteiger partial charge < -0.3 is 5.11 Å². The summed E-state index contributed by atoms with van der Waals surface area (Å²) in [6.45, 7) is 0.332. The Morgan fingerprint density at radius 1 is 1.72 bits per heavy atom. The molecule has 8 heteroatoms. The highest BCUT2D eigenvalue weighted by Gasteiger charge is 2.11. The normalized spacial score (nSPS) is 10.3. The summed E-state index contributed by atoms with van der Waals surface area (Å²) in [5.74, 6) is -1.10. The lowest BCUT2D eigenvalue weighted by Crippen LogP contribution is -2.05. The minimum absolute atomic E-state index is 0.0330. The van der Waals surface area contributed by atoms with Gasteiger partial charge in [-0.15, -0.1) is 0 Å². The van der Waals surface area contributed by atoms with Crippen molar-refractivity contribution in [2.45, 2.75) is 11.6 Å². The lowest BCUT2D eigenvalue weighted by molar-refractivity contribution is 0.0689. The Bertz CT molecular complexity index is 511. The third-order valence-electron chi connectivity index (χ3n) is 1.94. The van der Waals surface area contributed by atoms with E-state index >= 15 is 0 Å². The van der Waals surface area contributed by atoms with E-state index in [0.717, 1.165) is 0 Å². The van der Waals surface area contributed by atoms with Gasteiger partial charge in [0.1, 0.15) is 0 Å². The van der Waals surface area contributed by atoms with Gasteiger partial charge in [-0.05, 0) is 18.2 Å². The zero-order valence-electron chi connectivity index (χ0n) is 9.65. The fraction of sp³-hybridized carbons (Fsp3) is 0.300. The van der Waals surface area contributed by atoms with Crippen molar-refractivity contribution in [3.63, 3.8) is 0 Å². The summed E-state index contributed by atoms with van der Waals surface area (Å²) in [5.41, 5.74) is 8.49. The number of thioether (sulfide) groups is 1. The van der Waals surface area contributed by atoms with Gasteiger partial charge in [0.05, 0.1) is 0 Å².